The molecule has 2 aromatic carbocycles. The van der Waals surface area contributed by atoms with Crippen LogP contribution in [0.3, 0.4) is 0 Å². The summed E-state index contributed by atoms with van der Waals surface area (Å²) in [6.45, 7) is 6.95. The molecule has 8 heteroatoms. The second kappa shape index (κ2) is 6.91. The summed E-state index contributed by atoms with van der Waals surface area (Å²) in [5.74, 6) is 1.20. The first-order valence-electron chi connectivity index (χ1n) is 11.1. The minimum Gasteiger partial charge on any atom is -0.355 e. The molecular weight excluding hydrogens is 404 g/mol. The van der Waals surface area contributed by atoms with Crippen molar-refractivity contribution in [3.05, 3.63) is 56.1 Å². The van der Waals surface area contributed by atoms with E-state index in [9.17, 15) is 9.59 Å². The van der Waals surface area contributed by atoms with E-state index in [1.165, 1.54) is 0 Å². The third-order valence-electron chi connectivity index (χ3n) is 6.60. The highest BCUT2D eigenvalue weighted by molar-refractivity contribution is 6.05. The molecule has 0 unspecified atom stereocenters. The van der Waals surface area contributed by atoms with Crippen LogP contribution in [0.1, 0.15) is 24.0 Å². The Hall–Kier alpha value is -3.68. The van der Waals surface area contributed by atoms with Crippen LogP contribution in [0.4, 0.5) is 11.9 Å². The molecule has 0 atom stereocenters. The quantitative estimate of drug-likeness (QED) is 0.484. The monoisotopic (exact) mass is 428 g/mol. The van der Waals surface area contributed by atoms with Crippen molar-refractivity contribution < 1.29 is 0 Å². The summed E-state index contributed by atoms with van der Waals surface area (Å²) in [6.07, 6.45) is 1.79. The van der Waals surface area contributed by atoms with Crippen molar-refractivity contribution in [2.75, 3.05) is 23.7 Å². The van der Waals surface area contributed by atoms with Gasteiger partial charge < -0.3 is 10.6 Å². The summed E-state index contributed by atoms with van der Waals surface area (Å²) in [4.78, 5) is 36.3. The van der Waals surface area contributed by atoms with Gasteiger partial charge in [-0.25, -0.2) is 9.97 Å². The Morgan fingerprint density at radius 2 is 1.16 bits per heavy atom. The van der Waals surface area contributed by atoms with Gasteiger partial charge in [0.2, 0.25) is 11.9 Å². The number of rotatable bonds is 1. The first-order chi connectivity index (χ1) is 15.5. The Labute approximate surface area is 183 Å². The van der Waals surface area contributed by atoms with E-state index in [2.05, 4.69) is 10.6 Å². The number of hydrogen-bond donors (Lipinski definition) is 2. The van der Waals surface area contributed by atoms with Gasteiger partial charge in [-0.1, -0.05) is 12.1 Å². The highest BCUT2D eigenvalue weighted by Crippen LogP contribution is 2.37. The maximum atomic E-state index is 13.3. The number of nitrogens with zero attached hydrogens (tertiary/aromatic N) is 4. The third-order valence-corrected chi connectivity index (χ3v) is 6.60. The smallest absolute Gasteiger partial charge is 0.262 e. The van der Waals surface area contributed by atoms with E-state index in [4.69, 9.17) is 9.97 Å². The van der Waals surface area contributed by atoms with Gasteiger partial charge in [0.15, 0.2) is 0 Å². The number of aryl methyl sites for hydroxylation is 2. The Kier molecular flexibility index (Phi) is 4.11. The fraction of sp³-hybridized carbons (Fsp3) is 0.333. The van der Waals surface area contributed by atoms with Crippen LogP contribution >= 0.6 is 0 Å². The van der Waals surface area contributed by atoms with Crippen molar-refractivity contribution >= 4 is 33.7 Å². The molecule has 0 aliphatic carbocycles. The van der Waals surface area contributed by atoms with E-state index in [0.29, 0.717) is 46.8 Å². The second-order valence-corrected chi connectivity index (χ2v) is 8.65. The number of hydrogen-bond acceptors (Lipinski definition) is 6. The largest absolute Gasteiger partial charge is 0.355 e. The van der Waals surface area contributed by atoms with Crippen LogP contribution in [0.2, 0.25) is 0 Å². The molecule has 0 fully saturated rings. The zero-order valence-corrected chi connectivity index (χ0v) is 18.2. The molecule has 8 nitrogen and oxygen atoms in total. The third kappa shape index (κ3) is 2.62. The van der Waals surface area contributed by atoms with Gasteiger partial charge in [0.05, 0.1) is 21.8 Å². The molecule has 0 radical (unpaired) electrons. The van der Waals surface area contributed by atoms with Crippen molar-refractivity contribution in [2.45, 2.75) is 39.8 Å². The van der Waals surface area contributed by atoms with Gasteiger partial charge in [0, 0.05) is 37.3 Å². The lowest BCUT2D eigenvalue weighted by Crippen LogP contribution is -2.30. The second-order valence-electron chi connectivity index (χ2n) is 8.65. The normalized spacial score (nSPS) is 15.2. The number of aromatic nitrogens is 4. The lowest BCUT2D eigenvalue weighted by molar-refractivity contribution is 0.602. The molecule has 6 rings (SSSR count). The molecule has 32 heavy (non-hydrogen) atoms. The van der Waals surface area contributed by atoms with E-state index < -0.39 is 0 Å². The number of anilines is 2. The van der Waals surface area contributed by atoms with E-state index in [-0.39, 0.29) is 11.1 Å². The topological polar surface area (TPSA) is 93.8 Å². The molecule has 2 aliphatic rings. The first-order valence-corrected chi connectivity index (χ1v) is 11.1. The minimum absolute atomic E-state index is 0.0385. The molecule has 162 valence electrons. The molecule has 4 heterocycles. The molecule has 2 aromatic heterocycles. The maximum Gasteiger partial charge on any atom is 0.262 e. The number of benzene rings is 2. The van der Waals surface area contributed by atoms with Crippen LogP contribution in [0.5, 0.6) is 0 Å². The van der Waals surface area contributed by atoms with Crippen LogP contribution < -0.4 is 21.8 Å². The highest BCUT2D eigenvalue weighted by atomic mass is 16.1. The van der Waals surface area contributed by atoms with Gasteiger partial charge in [-0.15, -0.1) is 0 Å². The maximum absolute atomic E-state index is 13.3. The van der Waals surface area contributed by atoms with Crippen LogP contribution in [-0.2, 0) is 13.1 Å². The summed E-state index contributed by atoms with van der Waals surface area (Å²) in [6, 6.07) is 7.65. The fourth-order valence-corrected chi connectivity index (χ4v) is 4.97. The van der Waals surface area contributed by atoms with E-state index in [1.807, 2.05) is 38.1 Å². The average molecular weight is 428 g/mol. The van der Waals surface area contributed by atoms with Gasteiger partial charge in [-0.05, 0) is 49.9 Å². The van der Waals surface area contributed by atoms with Crippen molar-refractivity contribution in [2.24, 2.45) is 0 Å². The summed E-state index contributed by atoms with van der Waals surface area (Å²) in [7, 11) is 0. The predicted molar refractivity (Wildman–Crippen MR) is 127 cm³/mol. The van der Waals surface area contributed by atoms with Crippen LogP contribution in [-0.4, -0.2) is 32.2 Å². The minimum atomic E-state index is -0.0385. The first kappa shape index (κ1) is 19.0. The van der Waals surface area contributed by atoms with Gasteiger partial charge in [-0.3, -0.25) is 18.7 Å². The summed E-state index contributed by atoms with van der Waals surface area (Å²) >= 11 is 0. The molecule has 2 N–H and O–H groups in total. The summed E-state index contributed by atoms with van der Waals surface area (Å²) in [5, 5.41) is 7.71. The SMILES string of the molecule is Cc1ccc2c(=O)n3c(nc2c1-c1c(C)ccc2c(=O)n4c(nc12)NCCC4)NCCC3. The van der Waals surface area contributed by atoms with E-state index >= 15 is 0 Å². The zero-order chi connectivity index (χ0) is 22.0. The molecule has 0 saturated carbocycles. The molecule has 0 saturated heterocycles. The Bertz CT molecular complexity index is 1430. The summed E-state index contributed by atoms with van der Waals surface area (Å²) in [5.41, 5.74) is 4.95. The predicted octanol–water partition coefficient (Wildman–Crippen LogP) is 3.02. The zero-order valence-electron chi connectivity index (χ0n) is 18.2. The van der Waals surface area contributed by atoms with Crippen molar-refractivity contribution in [1.29, 1.82) is 0 Å². The van der Waals surface area contributed by atoms with Crippen LogP contribution in [0.25, 0.3) is 32.9 Å². The molecule has 0 amide bonds. The molecule has 0 bridgehead atoms. The van der Waals surface area contributed by atoms with E-state index in [0.717, 1.165) is 48.2 Å². The Morgan fingerprint density at radius 1 is 0.719 bits per heavy atom. The van der Waals surface area contributed by atoms with Crippen molar-refractivity contribution in [1.82, 2.24) is 19.1 Å². The standard InChI is InChI=1S/C24H24N6O2/c1-13-5-7-15-19(27-23-25-9-3-11-29(23)21(15)31)17(13)18-14(2)6-8-16-20(18)28-24-26-10-4-12-30(24)22(16)32/h5-8H,3-4,9-12H2,1-2H3,(H,25,27)(H,26,28). The molecule has 4 aromatic rings. The van der Waals surface area contributed by atoms with Gasteiger partial charge in [0.1, 0.15) is 0 Å². The lowest BCUT2D eigenvalue weighted by atomic mass is 9.92. The molecule has 0 spiro atoms. The van der Waals surface area contributed by atoms with Crippen LogP contribution in [0, 0.1) is 13.8 Å². The molecule has 2 aliphatic heterocycles. The van der Waals surface area contributed by atoms with Crippen molar-refractivity contribution in [3.63, 3.8) is 0 Å². The Morgan fingerprint density at radius 3 is 1.59 bits per heavy atom. The molecular formula is C24H24N6O2. The fourth-order valence-electron chi connectivity index (χ4n) is 4.97. The van der Waals surface area contributed by atoms with Crippen LogP contribution in [0.15, 0.2) is 33.9 Å². The van der Waals surface area contributed by atoms with Gasteiger partial charge >= 0.3 is 0 Å². The Balaban J connectivity index is 1.76. The van der Waals surface area contributed by atoms with Gasteiger partial charge in [-0.2, -0.15) is 0 Å². The average Bonchev–Trinajstić information content (AvgIpc) is 2.80. The lowest BCUT2D eigenvalue weighted by Gasteiger charge is -2.22. The number of nitrogens with one attached hydrogen (secondary N) is 2. The van der Waals surface area contributed by atoms with Gasteiger partial charge in [0.25, 0.3) is 11.1 Å². The highest BCUT2D eigenvalue weighted by Gasteiger charge is 2.23. The number of fused-ring (bicyclic) bond motifs is 4. The van der Waals surface area contributed by atoms with Crippen molar-refractivity contribution in [3.8, 4) is 11.1 Å². The summed E-state index contributed by atoms with van der Waals surface area (Å²) < 4.78 is 3.43. The van der Waals surface area contributed by atoms with E-state index in [1.54, 1.807) is 9.13 Å².